The van der Waals surface area contributed by atoms with Gasteiger partial charge in [-0.1, -0.05) is 41.9 Å². The van der Waals surface area contributed by atoms with Crippen LogP contribution < -0.4 is 0 Å². The number of fused-ring (bicyclic) bond motifs is 4. The van der Waals surface area contributed by atoms with Gasteiger partial charge >= 0.3 is 0 Å². The van der Waals surface area contributed by atoms with Crippen molar-refractivity contribution in [1.82, 2.24) is 9.97 Å². The molecule has 4 heteroatoms. The van der Waals surface area contributed by atoms with Crippen LogP contribution in [0.15, 0.2) is 65.8 Å². The molecule has 0 saturated carbocycles. The van der Waals surface area contributed by atoms with E-state index in [0.717, 1.165) is 44.0 Å². The molecule has 2 aromatic carbocycles. The maximum Gasteiger partial charge on any atom is 0.0980 e. The summed E-state index contributed by atoms with van der Waals surface area (Å²) in [6.07, 6.45) is 5.64. The first-order chi connectivity index (χ1) is 12.2. The molecular weight excluding hydrogens is 330 g/mol. The molecule has 0 atom stereocenters. The van der Waals surface area contributed by atoms with Gasteiger partial charge in [-0.25, -0.2) is 4.98 Å². The van der Waals surface area contributed by atoms with Gasteiger partial charge in [0.15, 0.2) is 0 Å². The average molecular weight is 346 g/mol. The summed E-state index contributed by atoms with van der Waals surface area (Å²) in [5.41, 5.74) is 5.82. The first-order valence-electron chi connectivity index (χ1n) is 8.01. The standard InChI is InChI=1S/C21H16ClN3/c1-3-13(10-11-23-2)14-8-9-18-16(12-14)19(22)21-20(24-18)15-6-4-5-7-17(15)25-21/h3-12,25H,2H2,1H3/b11-10-,13-3+. The molecule has 0 bridgehead atoms. The van der Waals surface area contributed by atoms with Crippen molar-refractivity contribution in [2.45, 2.75) is 6.92 Å². The van der Waals surface area contributed by atoms with Crippen LogP contribution in [0.4, 0.5) is 0 Å². The molecule has 4 aromatic rings. The molecular formula is C21H16ClN3. The lowest BCUT2D eigenvalue weighted by atomic mass is 10.0. The average Bonchev–Trinajstić information content (AvgIpc) is 3.02. The molecule has 0 unspecified atom stereocenters. The summed E-state index contributed by atoms with van der Waals surface area (Å²) in [6.45, 7) is 5.47. The highest BCUT2D eigenvalue weighted by Gasteiger charge is 2.13. The number of aliphatic imine (C=N–C) groups is 1. The molecule has 0 aliphatic rings. The van der Waals surface area contributed by atoms with Gasteiger partial charge in [0.1, 0.15) is 0 Å². The van der Waals surface area contributed by atoms with Crippen LogP contribution in [0.5, 0.6) is 0 Å². The third-order valence-corrected chi connectivity index (χ3v) is 4.76. The number of hydrogen-bond acceptors (Lipinski definition) is 2. The van der Waals surface area contributed by atoms with Crippen molar-refractivity contribution in [2.24, 2.45) is 4.99 Å². The van der Waals surface area contributed by atoms with Crippen LogP contribution in [0.2, 0.25) is 5.02 Å². The number of halogens is 1. The van der Waals surface area contributed by atoms with E-state index in [-0.39, 0.29) is 0 Å². The quantitative estimate of drug-likeness (QED) is 0.351. The molecule has 0 aliphatic heterocycles. The van der Waals surface area contributed by atoms with Gasteiger partial charge < -0.3 is 4.98 Å². The highest BCUT2D eigenvalue weighted by atomic mass is 35.5. The normalized spacial score (nSPS) is 12.6. The summed E-state index contributed by atoms with van der Waals surface area (Å²) in [4.78, 5) is 12.0. The first-order valence-corrected chi connectivity index (χ1v) is 8.39. The number of H-pyrrole nitrogens is 1. The number of nitrogens with one attached hydrogen (secondary N) is 1. The number of aromatic nitrogens is 2. The second-order valence-corrected chi connectivity index (χ2v) is 6.17. The van der Waals surface area contributed by atoms with E-state index in [1.807, 2.05) is 43.3 Å². The largest absolute Gasteiger partial charge is 0.352 e. The maximum absolute atomic E-state index is 6.73. The van der Waals surface area contributed by atoms with Crippen LogP contribution in [0.1, 0.15) is 12.5 Å². The smallest absolute Gasteiger partial charge is 0.0980 e. The van der Waals surface area contributed by atoms with Crippen LogP contribution >= 0.6 is 11.6 Å². The fourth-order valence-electron chi connectivity index (χ4n) is 3.14. The summed E-state index contributed by atoms with van der Waals surface area (Å²) in [5, 5.41) is 2.70. The van der Waals surface area contributed by atoms with Crippen LogP contribution in [0.3, 0.4) is 0 Å². The Labute approximate surface area is 150 Å². The number of hydrogen-bond donors (Lipinski definition) is 1. The maximum atomic E-state index is 6.73. The zero-order valence-corrected chi connectivity index (χ0v) is 14.5. The predicted molar refractivity (Wildman–Crippen MR) is 108 cm³/mol. The Kier molecular flexibility index (Phi) is 3.86. The second-order valence-electron chi connectivity index (χ2n) is 5.79. The summed E-state index contributed by atoms with van der Waals surface area (Å²) >= 11 is 6.73. The summed E-state index contributed by atoms with van der Waals surface area (Å²) in [7, 11) is 0. The summed E-state index contributed by atoms with van der Waals surface area (Å²) < 4.78 is 0. The Balaban J connectivity index is 2.00. The van der Waals surface area contributed by atoms with E-state index in [0.29, 0.717) is 5.02 Å². The van der Waals surface area contributed by atoms with Crippen LogP contribution in [-0.4, -0.2) is 16.7 Å². The van der Waals surface area contributed by atoms with E-state index < -0.39 is 0 Å². The van der Waals surface area contributed by atoms with E-state index in [1.165, 1.54) is 0 Å². The minimum Gasteiger partial charge on any atom is -0.352 e. The Bertz CT molecular complexity index is 1180. The van der Waals surface area contributed by atoms with Crippen LogP contribution in [0.25, 0.3) is 38.4 Å². The van der Waals surface area contributed by atoms with Gasteiger partial charge in [0.25, 0.3) is 0 Å². The molecule has 2 aromatic heterocycles. The Morgan fingerprint density at radius 1 is 1.20 bits per heavy atom. The number of pyridine rings is 1. The fourth-order valence-corrected chi connectivity index (χ4v) is 3.43. The van der Waals surface area contributed by atoms with Gasteiger partial charge in [0.2, 0.25) is 0 Å². The van der Waals surface area contributed by atoms with Crippen molar-refractivity contribution in [3.05, 3.63) is 71.4 Å². The van der Waals surface area contributed by atoms with Crippen molar-refractivity contribution in [1.29, 1.82) is 0 Å². The minimum absolute atomic E-state index is 0.694. The van der Waals surface area contributed by atoms with E-state index >= 15 is 0 Å². The molecule has 0 radical (unpaired) electrons. The number of allylic oxidation sites excluding steroid dienone is 3. The zero-order chi connectivity index (χ0) is 17.4. The molecule has 0 spiro atoms. The van der Waals surface area contributed by atoms with E-state index in [1.54, 1.807) is 6.20 Å². The molecule has 3 nitrogen and oxygen atoms in total. The third kappa shape index (κ3) is 2.53. The van der Waals surface area contributed by atoms with Crippen molar-refractivity contribution in [3.63, 3.8) is 0 Å². The van der Waals surface area contributed by atoms with Crippen LogP contribution in [-0.2, 0) is 0 Å². The highest BCUT2D eigenvalue weighted by molar-refractivity contribution is 6.40. The molecule has 0 saturated heterocycles. The molecule has 122 valence electrons. The van der Waals surface area contributed by atoms with Gasteiger partial charge in [-0.05, 0) is 49.1 Å². The molecule has 1 N–H and O–H groups in total. The monoisotopic (exact) mass is 345 g/mol. The lowest BCUT2D eigenvalue weighted by Gasteiger charge is -2.07. The zero-order valence-electron chi connectivity index (χ0n) is 13.8. The van der Waals surface area contributed by atoms with Gasteiger partial charge in [-0.2, -0.15) is 0 Å². The third-order valence-electron chi connectivity index (χ3n) is 4.37. The first kappa shape index (κ1) is 15.6. The van der Waals surface area contributed by atoms with Gasteiger partial charge in [-0.15, -0.1) is 0 Å². The van der Waals surface area contributed by atoms with Crippen molar-refractivity contribution in [3.8, 4) is 0 Å². The van der Waals surface area contributed by atoms with Crippen molar-refractivity contribution in [2.75, 3.05) is 0 Å². The lowest BCUT2D eigenvalue weighted by molar-refractivity contribution is 1.48. The summed E-state index contributed by atoms with van der Waals surface area (Å²) in [5.74, 6) is 0. The van der Waals surface area contributed by atoms with Crippen LogP contribution in [0, 0.1) is 0 Å². The van der Waals surface area contributed by atoms with Gasteiger partial charge in [0.05, 0.1) is 21.6 Å². The topological polar surface area (TPSA) is 41.0 Å². The molecule has 4 rings (SSSR count). The fraction of sp³-hybridized carbons (Fsp3) is 0.0476. The Morgan fingerprint density at radius 2 is 2.04 bits per heavy atom. The molecule has 0 aliphatic carbocycles. The molecule has 2 heterocycles. The number of nitrogens with zero attached hydrogens (tertiary/aromatic N) is 2. The summed E-state index contributed by atoms with van der Waals surface area (Å²) in [6, 6.07) is 14.2. The van der Waals surface area contributed by atoms with E-state index in [2.05, 4.69) is 34.9 Å². The highest BCUT2D eigenvalue weighted by Crippen LogP contribution is 2.35. The molecule has 0 amide bonds. The lowest BCUT2D eigenvalue weighted by Crippen LogP contribution is -1.87. The Hall–Kier alpha value is -2.91. The number of aromatic amines is 1. The number of rotatable bonds is 3. The van der Waals surface area contributed by atoms with E-state index in [4.69, 9.17) is 16.6 Å². The van der Waals surface area contributed by atoms with E-state index in [9.17, 15) is 0 Å². The number of benzene rings is 2. The van der Waals surface area contributed by atoms with Gasteiger partial charge in [-0.3, -0.25) is 4.99 Å². The SMILES string of the molecule is C=N/C=C\C(=C/C)c1ccc2nc3c([nH]c4ccccc43)c(Cl)c2c1. The molecule has 25 heavy (non-hydrogen) atoms. The number of para-hydroxylation sites is 1. The van der Waals surface area contributed by atoms with Crippen molar-refractivity contribution >= 4 is 56.7 Å². The Morgan fingerprint density at radius 3 is 2.84 bits per heavy atom. The second kappa shape index (κ2) is 6.19. The predicted octanol–water partition coefficient (Wildman–Crippen LogP) is 6.14. The molecule has 0 fully saturated rings. The van der Waals surface area contributed by atoms with Crippen molar-refractivity contribution < 1.29 is 0 Å². The van der Waals surface area contributed by atoms with Gasteiger partial charge in [0, 0.05) is 22.5 Å². The minimum atomic E-state index is 0.694.